The second-order valence-corrected chi connectivity index (χ2v) is 4.38. The van der Waals surface area contributed by atoms with Crippen LogP contribution in [0.15, 0.2) is 4.99 Å². The Bertz CT molecular complexity index is 268. The molecule has 2 unspecified atom stereocenters. The van der Waals surface area contributed by atoms with Gasteiger partial charge in [0.15, 0.2) is 0 Å². The number of nitrogens with zero attached hydrogens (tertiary/aromatic N) is 2. The van der Waals surface area contributed by atoms with E-state index in [0.717, 1.165) is 0 Å². The van der Waals surface area contributed by atoms with Gasteiger partial charge >= 0.3 is 6.03 Å². The lowest BCUT2D eigenvalue weighted by molar-refractivity contribution is -0.0263. The molecule has 0 radical (unpaired) electrons. The first kappa shape index (κ1) is 12.3. The number of carbonyl (C=O) groups is 1. The van der Waals surface area contributed by atoms with Crippen LogP contribution in [-0.2, 0) is 4.74 Å². The van der Waals surface area contributed by atoms with Crippen LogP contribution in [0.3, 0.4) is 0 Å². The standard InChI is InChI=1S/C8H15N3O3S/c1-5(9)10-8(13)11(2)6-4-15-7(3-12)14-6/h6-7,12H,3-4H2,1-2H3,(H2,9,10,13). The minimum atomic E-state index is -0.431. The quantitative estimate of drug-likeness (QED) is 0.510. The van der Waals surface area contributed by atoms with Gasteiger partial charge in [0.2, 0.25) is 0 Å². The van der Waals surface area contributed by atoms with Crippen molar-refractivity contribution >= 4 is 23.6 Å². The molecule has 0 aliphatic carbocycles. The molecule has 1 heterocycles. The summed E-state index contributed by atoms with van der Waals surface area (Å²) in [7, 11) is 1.60. The van der Waals surface area contributed by atoms with E-state index < -0.39 is 6.03 Å². The summed E-state index contributed by atoms with van der Waals surface area (Å²) in [5.74, 6) is 0.850. The third-order valence-electron chi connectivity index (χ3n) is 1.89. The molecule has 7 heteroatoms. The van der Waals surface area contributed by atoms with Crippen molar-refractivity contribution in [1.82, 2.24) is 4.90 Å². The monoisotopic (exact) mass is 233 g/mol. The smallest absolute Gasteiger partial charge is 0.347 e. The highest BCUT2D eigenvalue weighted by atomic mass is 32.2. The molecule has 1 rings (SSSR count). The van der Waals surface area contributed by atoms with Gasteiger partial charge in [0.1, 0.15) is 17.5 Å². The predicted molar refractivity (Wildman–Crippen MR) is 58.7 cm³/mol. The first-order valence-corrected chi connectivity index (χ1v) is 5.55. The zero-order valence-corrected chi connectivity index (χ0v) is 9.53. The average molecular weight is 233 g/mol. The first-order valence-electron chi connectivity index (χ1n) is 4.50. The summed E-state index contributed by atoms with van der Waals surface area (Å²) < 4.78 is 5.38. The molecule has 2 atom stereocenters. The number of aliphatic hydroxyl groups excluding tert-OH is 1. The van der Waals surface area contributed by atoms with Gasteiger partial charge in [0, 0.05) is 12.8 Å². The van der Waals surface area contributed by atoms with E-state index in [4.69, 9.17) is 15.6 Å². The van der Waals surface area contributed by atoms with E-state index in [1.807, 2.05) is 0 Å². The minimum Gasteiger partial charge on any atom is -0.393 e. The van der Waals surface area contributed by atoms with Crippen molar-refractivity contribution in [3.05, 3.63) is 0 Å². The highest BCUT2D eigenvalue weighted by Crippen LogP contribution is 2.26. The Labute approximate surface area is 92.5 Å². The van der Waals surface area contributed by atoms with Crippen LogP contribution >= 0.6 is 11.8 Å². The molecule has 0 spiro atoms. The Balaban J connectivity index is 2.51. The lowest BCUT2D eigenvalue weighted by Crippen LogP contribution is -2.38. The SMILES string of the molecule is CC(N)=NC(=O)N(C)C1CSC(CO)O1. The number of nitrogens with two attached hydrogens (primary N) is 1. The van der Waals surface area contributed by atoms with E-state index in [-0.39, 0.29) is 24.1 Å². The zero-order valence-electron chi connectivity index (χ0n) is 8.71. The van der Waals surface area contributed by atoms with Gasteiger partial charge in [0.05, 0.1) is 6.61 Å². The Morgan fingerprint density at radius 2 is 2.47 bits per heavy atom. The third kappa shape index (κ3) is 3.37. The molecule has 3 N–H and O–H groups in total. The van der Waals surface area contributed by atoms with E-state index in [1.165, 1.54) is 16.7 Å². The fraction of sp³-hybridized carbons (Fsp3) is 0.750. The second-order valence-electron chi connectivity index (χ2n) is 3.18. The fourth-order valence-corrected chi connectivity index (χ4v) is 2.09. The number of thioether (sulfide) groups is 1. The molecule has 0 bridgehead atoms. The molecule has 0 aromatic heterocycles. The second kappa shape index (κ2) is 5.34. The summed E-state index contributed by atoms with van der Waals surface area (Å²) in [6.45, 7) is 1.49. The Morgan fingerprint density at radius 1 is 1.80 bits per heavy atom. The number of carbonyl (C=O) groups excluding carboxylic acids is 1. The molecule has 15 heavy (non-hydrogen) atoms. The van der Waals surface area contributed by atoms with Crippen molar-refractivity contribution in [1.29, 1.82) is 0 Å². The summed E-state index contributed by atoms with van der Waals surface area (Å²) in [5.41, 5.74) is 5.04. The Kier molecular flexibility index (Phi) is 4.37. The third-order valence-corrected chi connectivity index (χ3v) is 3.00. The van der Waals surface area contributed by atoms with Gasteiger partial charge in [-0.2, -0.15) is 4.99 Å². The number of amides is 2. The highest BCUT2D eigenvalue weighted by Gasteiger charge is 2.30. The fourth-order valence-electron chi connectivity index (χ4n) is 1.10. The van der Waals surface area contributed by atoms with Gasteiger partial charge in [-0.1, -0.05) is 0 Å². The molecular weight excluding hydrogens is 218 g/mol. The lowest BCUT2D eigenvalue weighted by Gasteiger charge is -2.21. The number of ether oxygens (including phenoxy) is 1. The van der Waals surface area contributed by atoms with E-state index in [0.29, 0.717) is 5.75 Å². The van der Waals surface area contributed by atoms with E-state index in [9.17, 15) is 4.79 Å². The molecule has 0 saturated carbocycles. The highest BCUT2D eigenvalue weighted by molar-refractivity contribution is 8.00. The van der Waals surface area contributed by atoms with Crippen LogP contribution in [0.25, 0.3) is 0 Å². The van der Waals surface area contributed by atoms with Gasteiger partial charge in [-0.3, -0.25) is 4.90 Å². The Morgan fingerprint density at radius 3 is 2.93 bits per heavy atom. The molecule has 1 fully saturated rings. The van der Waals surface area contributed by atoms with Crippen molar-refractivity contribution in [3.8, 4) is 0 Å². The van der Waals surface area contributed by atoms with Crippen molar-refractivity contribution in [2.24, 2.45) is 10.7 Å². The van der Waals surface area contributed by atoms with Crippen molar-refractivity contribution < 1.29 is 14.6 Å². The summed E-state index contributed by atoms with van der Waals surface area (Å²) >= 11 is 1.47. The molecular formula is C8H15N3O3S. The number of urea groups is 1. The van der Waals surface area contributed by atoms with Crippen LogP contribution in [0, 0.1) is 0 Å². The normalized spacial score (nSPS) is 26.7. The summed E-state index contributed by atoms with van der Waals surface area (Å²) in [4.78, 5) is 16.4. The molecule has 0 aromatic rings. The summed E-state index contributed by atoms with van der Waals surface area (Å²) in [5, 5.41) is 8.85. The molecule has 0 aromatic carbocycles. The molecule has 86 valence electrons. The van der Waals surface area contributed by atoms with Crippen LogP contribution in [-0.4, -0.2) is 52.9 Å². The zero-order chi connectivity index (χ0) is 11.4. The van der Waals surface area contributed by atoms with E-state index >= 15 is 0 Å². The molecule has 2 amide bonds. The van der Waals surface area contributed by atoms with Crippen molar-refractivity contribution in [2.75, 3.05) is 19.4 Å². The van der Waals surface area contributed by atoms with Gasteiger partial charge < -0.3 is 15.6 Å². The topological polar surface area (TPSA) is 88.2 Å². The maximum absolute atomic E-state index is 11.4. The van der Waals surface area contributed by atoms with Crippen molar-refractivity contribution in [2.45, 2.75) is 18.6 Å². The summed E-state index contributed by atoms with van der Waals surface area (Å²) in [6, 6.07) is -0.431. The van der Waals surface area contributed by atoms with Gasteiger partial charge in [-0.05, 0) is 6.92 Å². The predicted octanol–water partition coefficient (Wildman–Crippen LogP) is -0.177. The average Bonchev–Trinajstić information content (AvgIpc) is 2.63. The minimum absolute atomic E-state index is 0.0532. The van der Waals surface area contributed by atoms with Crippen LogP contribution < -0.4 is 5.73 Å². The Hall–Kier alpha value is -0.790. The van der Waals surface area contributed by atoms with Crippen LogP contribution in [0.4, 0.5) is 4.79 Å². The number of hydrogen-bond donors (Lipinski definition) is 2. The first-order chi connectivity index (χ1) is 7.04. The molecule has 1 aliphatic heterocycles. The number of aliphatic hydroxyl groups is 1. The number of rotatable bonds is 2. The molecule has 1 saturated heterocycles. The van der Waals surface area contributed by atoms with Crippen LogP contribution in [0.5, 0.6) is 0 Å². The maximum atomic E-state index is 11.4. The van der Waals surface area contributed by atoms with Gasteiger partial charge in [-0.15, -0.1) is 11.8 Å². The largest absolute Gasteiger partial charge is 0.393 e. The number of hydrogen-bond acceptors (Lipinski definition) is 4. The van der Waals surface area contributed by atoms with Gasteiger partial charge in [-0.25, -0.2) is 4.79 Å². The van der Waals surface area contributed by atoms with Gasteiger partial charge in [0.25, 0.3) is 0 Å². The summed E-state index contributed by atoms with van der Waals surface area (Å²) in [6.07, 6.45) is -0.345. The van der Waals surface area contributed by atoms with E-state index in [2.05, 4.69) is 4.99 Å². The van der Waals surface area contributed by atoms with Crippen LogP contribution in [0.1, 0.15) is 6.92 Å². The molecule has 1 aliphatic rings. The number of aliphatic imine (C=N–C) groups is 1. The van der Waals surface area contributed by atoms with Crippen LogP contribution in [0.2, 0.25) is 0 Å². The molecule has 6 nitrogen and oxygen atoms in total. The lowest BCUT2D eigenvalue weighted by atomic mass is 10.5. The van der Waals surface area contributed by atoms with Crippen molar-refractivity contribution in [3.63, 3.8) is 0 Å². The maximum Gasteiger partial charge on any atom is 0.347 e. The van der Waals surface area contributed by atoms with E-state index in [1.54, 1.807) is 14.0 Å². The number of amidine groups is 1.